The second-order valence-corrected chi connectivity index (χ2v) is 4.29. The molecule has 0 aromatic carbocycles. The summed E-state index contributed by atoms with van der Waals surface area (Å²) in [6.07, 6.45) is 3.19. The summed E-state index contributed by atoms with van der Waals surface area (Å²) >= 11 is 0. The van der Waals surface area contributed by atoms with Gasteiger partial charge in [0.15, 0.2) is 0 Å². The van der Waals surface area contributed by atoms with E-state index in [0.29, 0.717) is 24.0 Å². The first-order valence-electron chi connectivity index (χ1n) is 6.39. The van der Waals surface area contributed by atoms with Gasteiger partial charge in [0.05, 0.1) is 5.69 Å². The summed E-state index contributed by atoms with van der Waals surface area (Å²) in [5.74, 6) is 1.48. The number of pyridine rings is 1. The van der Waals surface area contributed by atoms with Crippen molar-refractivity contribution in [2.75, 3.05) is 5.73 Å². The molecule has 0 atom stereocenters. The van der Waals surface area contributed by atoms with Crippen LogP contribution in [0.25, 0.3) is 0 Å². The molecule has 0 aliphatic rings. The van der Waals surface area contributed by atoms with Gasteiger partial charge in [-0.3, -0.25) is 0 Å². The van der Waals surface area contributed by atoms with Crippen molar-refractivity contribution in [3.63, 3.8) is 0 Å². The lowest BCUT2D eigenvalue weighted by molar-refractivity contribution is 0.433. The minimum absolute atomic E-state index is 0.476. The van der Waals surface area contributed by atoms with Crippen LogP contribution in [0.15, 0.2) is 18.3 Å². The summed E-state index contributed by atoms with van der Waals surface area (Å²) in [5, 5.41) is 0. The quantitative estimate of drug-likeness (QED) is 0.912. The van der Waals surface area contributed by atoms with Gasteiger partial charge in [-0.2, -0.15) is 0 Å². The third-order valence-corrected chi connectivity index (χ3v) is 2.79. The van der Waals surface area contributed by atoms with Crippen LogP contribution >= 0.6 is 0 Å². The fourth-order valence-electron chi connectivity index (χ4n) is 1.69. The molecule has 0 radical (unpaired) electrons. The molecule has 0 aliphatic heterocycles. The summed E-state index contributed by atoms with van der Waals surface area (Å²) in [5.41, 5.74) is 8.43. The maximum Gasteiger partial charge on any atom is 0.243 e. The minimum Gasteiger partial charge on any atom is -0.419 e. The Kier molecular flexibility index (Phi) is 3.94. The van der Waals surface area contributed by atoms with Crippen molar-refractivity contribution in [3.8, 4) is 11.8 Å². The van der Waals surface area contributed by atoms with Crippen LogP contribution in [0, 0.1) is 6.92 Å². The van der Waals surface area contributed by atoms with Gasteiger partial charge in [-0.1, -0.05) is 19.9 Å². The van der Waals surface area contributed by atoms with Gasteiger partial charge in [0, 0.05) is 12.3 Å². The number of aryl methyl sites for hydroxylation is 3. The molecule has 0 unspecified atom stereocenters. The Morgan fingerprint density at radius 3 is 2.42 bits per heavy atom. The highest BCUT2D eigenvalue weighted by molar-refractivity contribution is 5.40. The van der Waals surface area contributed by atoms with Crippen LogP contribution in [0.2, 0.25) is 0 Å². The van der Waals surface area contributed by atoms with Crippen LogP contribution < -0.4 is 10.5 Å². The van der Waals surface area contributed by atoms with Gasteiger partial charge in [0.2, 0.25) is 11.8 Å². The van der Waals surface area contributed by atoms with Crippen molar-refractivity contribution < 1.29 is 4.74 Å². The fraction of sp³-hybridized carbons (Fsp3) is 0.357. The summed E-state index contributed by atoms with van der Waals surface area (Å²) in [6.45, 7) is 5.96. The first-order chi connectivity index (χ1) is 9.13. The highest BCUT2D eigenvalue weighted by atomic mass is 16.5. The largest absolute Gasteiger partial charge is 0.419 e. The molecule has 2 N–H and O–H groups in total. The summed E-state index contributed by atoms with van der Waals surface area (Å²) in [4.78, 5) is 13.0. The predicted octanol–water partition coefficient (Wildman–Crippen LogP) is 2.68. The molecule has 100 valence electrons. The lowest BCUT2D eigenvalue weighted by atomic mass is 10.3. The molecule has 0 amide bonds. The number of nitrogen functional groups attached to an aromatic ring is 1. The monoisotopic (exact) mass is 258 g/mol. The number of nitrogens with zero attached hydrogens (tertiary/aromatic N) is 3. The molecular weight excluding hydrogens is 240 g/mol. The molecular formula is C14H18N4O. The maximum atomic E-state index is 5.84. The van der Waals surface area contributed by atoms with Gasteiger partial charge in [-0.05, 0) is 25.3 Å². The normalized spacial score (nSPS) is 10.5. The maximum absolute atomic E-state index is 5.84. The first kappa shape index (κ1) is 13.3. The van der Waals surface area contributed by atoms with Crippen LogP contribution in [0.3, 0.4) is 0 Å². The Morgan fingerprint density at radius 1 is 1.11 bits per heavy atom. The summed E-state index contributed by atoms with van der Waals surface area (Å²) in [7, 11) is 0. The molecule has 2 aromatic heterocycles. The van der Waals surface area contributed by atoms with Gasteiger partial charge in [-0.25, -0.2) is 15.0 Å². The average molecular weight is 258 g/mol. The Bertz CT molecular complexity index is 566. The van der Waals surface area contributed by atoms with Crippen LogP contribution in [-0.4, -0.2) is 15.0 Å². The van der Waals surface area contributed by atoms with Gasteiger partial charge < -0.3 is 10.5 Å². The number of nitrogens with two attached hydrogens (primary N) is 1. The van der Waals surface area contributed by atoms with E-state index in [1.165, 1.54) is 0 Å². The Balaban J connectivity index is 2.35. The van der Waals surface area contributed by atoms with Gasteiger partial charge in [0.25, 0.3) is 0 Å². The zero-order valence-corrected chi connectivity index (χ0v) is 11.5. The van der Waals surface area contributed by atoms with E-state index >= 15 is 0 Å². The molecule has 0 saturated heterocycles. The molecule has 0 spiro atoms. The van der Waals surface area contributed by atoms with Crippen molar-refractivity contribution in [2.45, 2.75) is 33.6 Å². The van der Waals surface area contributed by atoms with Crippen molar-refractivity contribution >= 4 is 5.82 Å². The standard InChI is InChI=1S/C14H18N4O/c1-4-10-13(15)17-11(5-2)14(18-10)19-12-7-6-9(3)8-16-12/h6-8H,4-5H2,1-3H3,(H2,15,17). The van der Waals surface area contributed by atoms with Crippen molar-refractivity contribution in [3.05, 3.63) is 35.3 Å². The molecule has 0 aliphatic carbocycles. The van der Waals surface area contributed by atoms with E-state index in [2.05, 4.69) is 15.0 Å². The molecule has 5 nitrogen and oxygen atoms in total. The number of hydrogen-bond acceptors (Lipinski definition) is 5. The van der Waals surface area contributed by atoms with E-state index in [1.807, 2.05) is 32.9 Å². The average Bonchev–Trinajstić information content (AvgIpc) is 2.42. The van der Waals surface area contributed by atoms with E-state index in [1.54, 1.807) is 6.20 Å². The summed E-state index contributed by atoms with van der Waals surface area (Å²) < 4.78 is 5.71. The smallest absolute Gasteiger partial charge is 0.243 e. The molecule has 19 heavy (non-hydrogen) atoms. The zero-order valence-electron chi connectivity index (χ0n) is 11.5. The topological polar surface area (TPSA) is 73.9 Å². The van der Waals surface area contributed by atoms with Crippen molar-refractivity contribution in [1.29, 1.82) is 0 Å². The van der Waals surface area contributed by atoms with Crippen LogP contribution in [-0.2, 0) is 12.8 Å². The number of ether oxygens (including phenoxy) is 1. The molecule has 2 rings (SSSR count). The highest BCUT2D eigenvalue weighted by Gasteiger charge is 2.12. The second-order valence-electron chi connectivity index (χ2n) is 4.29. The van der Waals surface area contributed by atoms with E-state index in [4.69, 9.17) is 10.5 Å². The van der Waals surface area contributed by atoms with Crippen molar-refractivity contribution in [1.82, 2.24) is 15.0 Å². The van der Waals surface area contributed by atoms with Crippen LogP contribution in [0.4, 0.5) is 5.82 Å². The molecule has 0 bridgehead atoms. The second kappa shape index (κ2) is 5.65. The molecule has 5 heteroatoms. The first-order valence-corrected chi connectivity index (χ1v) is 6.39. The molecule has 2 heterocycles. The minimum atomic E-state index is 0.476. The lowest BCUT2D eigenvalue weighted by Gasteiger charge is -2.10. The van der Waals surface area contributed by atoms with Crippen molar-refractivity contribution in [2.24, 2.45) is 0 Å². The highest BCUT2D eigenvalue weighted by Crippen LogP contribution is 2.23. The molecule has 2 aromatic rings. The van der Waals surface area contributed by atoms with Crippen LogP contribution in [0.1, 0.15) is 30.8 Å². The van der Waals surface area contributed by atoms with E-state index in [-0.39, 0.29) is 0 Å². The Labute approximate surface area is 112 Å². The van der Waals surface area contributed by atoms with E-state index in [0.717, 1.165) is 23.4 Å². The number of anilines is 1. The van der Waals surface area contributed by atoms with E-state index < -0.39 is 0 Å². The van der Waals surface area contributed by atoms with E-state index in [9.17, 15) is 0 Å². The third kappa shape index (κ3) is 2.99. The Hall–Kier alpha value is -2.17. The number of hydrogen-bond donors (Lipinski definition) is 1. The zero-order chi connectivity index (χ0) is 13.8. The van der Waals surface area contributed by atoms with Gasteiger partial charge in [-0.15, -0.1) is 0 Å². The summed E-state index contributed by atoms with van der Waals surface area (Å²) in [6, 6.07) is 3.76. The Morgan fingerprint density at radius 2 is 1.84 bits per heavy atom. The number of aromatic nitrogens is 3. The van der Waals surface area contributed by atoms with Crippen LogP contribution in [0.5, 0.6) is 11.8 Å². The molecule has 0 fully saturated rings. The fourth-order valence-corrected chi connectivity index (χ4v) is 1.69. The van der Waals surface area contributed by atoms with Gasteiger partial charge in [0.1, 0.15) is 11.5 Å². The SMILES string of the molecule is CCc1nc(Oc2ccc(C)cn2)c(CC)nc1N. The lowest BCUT2D eigenvalue weighted by Crippen LogP contribution is -2.06. The van der Waals surface area contributed by atoms with Gasteiger partial charge >= 0.3 is 0 Å². The predicted molar refractivity (Wildman–Crippen MR) is 74.2 cm³/mol. The number of rotatable bonds is 4. The molecule has 0 saturated carbocycles. The third-order valence-electron chi connectivity index (χ3n) is 2.79.